The molecule has 1 aromatic carbocycles. The summed E-state index contributed by atoms with van der Waals surface area (Å²) >= 11 is 1.89. The van der Waals surface area contributed by atoms with Crippen LogP contribution in [0.1, 0.15) is 34.6 Å². The van der Waals surface area contributed by atoms with Gasteiger partial charge in [-0.1, -0.05) is 37.3 Å². The first kappa shape index (κ1) is 14.7. The third kappa shape index (κ3) is 2.75. The van der Waals surface area contributed by atoms with Gasteiger partial charge in [-0.2, -0.15) is 17.0 Å². The summed E-state index contributed by atoms with van der Waals surface area (Å²) in [5.74, 6) is 0.893. The van der Waals surface area contributed by atoms with E-state index in [1.54, 1.807) is 12.3 Å². The molecule has 4 nitrogen and oxygen atoms in total. The lowest BCUT2D eigenvalue weighted by Gasteiger charge is -2.39. The lowest BCUT2D eigenvalue weighted by Crippen LogP contribution is -2.44. The number of nitrogens with zero attached hydrogens (tertiary/aromatic N) is 2. The minimum absolute atomic E-state index is 0.0393. The number of benzene rings is 1. The standard InChI is InChI=1S/C17H17N3OS/c1-12-16(14-5-3-2-4-6-14)20(7-8-22-12)17(21)15-9-13(10-18)11-19-15/h2-6,9,11-12,16,19H,7-8H2,1H3/t12-,16-/m0/s1. The molecule has 1 aliphatic rings. The fraction of sp³-hybridized carbons (Fsp3) is 0.294. The van der Waals surface area contributed by atoms with Gasteiger partial charge in [0.15, 0.2) is 0 Å². The van der Waals surface area contributed by atoms with E-state index in [1.807, 2.05) is 34.9 Å². The zero-order valence-electron chi connectivity index (χ0n) is 12.3. The smallest absolute Gasteiger partial charge is 0.270 e. The van der Waals surface area contributed by atoms with Gasteiger partial charge in [0.1, 0.15) is 11.8 Å². The Balaban J connectivity index is 1.92. The van der Waals surface area contributed by atoms with Crippen molar-refractivity contribution in [3.63, 3.8) is 0 Å². The first-order valence-electron chi connectivity index (χ1n) is 7.26. The molecule has 3 rings (SSSR count). The van der Waals surface area contributed by atoms with Gasteiger partial charge in [0.2, 0.25) is 0 Å². The molecule has 1 amide bonds. The van der Waals surface area contributed by atoms with Crippen LogP contribution in [0.5, 0.6) is 0 Å². The van der Waals surface area contributed by atoms with E-state index in [0.29, 0.717) is 23.1 Å². The molecule has 1 saturated heterocycles. The predicted molar refractivity (Wildman–Crippen MR) is 87.6 cm³/mol. The van der Waals surface area contributed by atoms with Gasteiger partial charge < -0.3 is 9.88 Å². The molecule has 1 N–H and O–H groups in total. The second-order valence-electron chi connectivity index (χ2n) is 5.34. The first-order valence-corrected chi connectivity index (χ1v) is 8.31. The van der Waals surface area contributed by atoms with E-state index in [2.05, 4.69) is 30.1 Å². The lowest BCUT2D eigenvalue weighted by atomic mass is 10.0. The van der Waals surface area contributed by atoms with E-state index in [-0.39, 0.29) is 11.9 Å². The zero-order valence-corrected chi connectivity index (χ0v) is 13.1. The SMILES string of the molecule is C[C@@H]1SCCN(C(=O)c2cc(C#N)c[nH]2)[C@@H]1c1ccccc1. The van der Waals surface area contributed by atoms with Crippen molar-refractivity contribution in [1.29, 1.82) is 5.26 Å². The molecule has 2 atom stereocenters. The van der Waals surface area contributed by atoms with Crippen LogP contribution >= 0.6 is 11.8 Å². The maximum Gasteiger partial charge on any atom is 0.270 e. The highest BCUT2D eigenvalue weighted by molar-refractivity contribution is 8.00. The number of hydrogen-bond donors (Lipinski definition) is 1. The fourth-order valence-corrected chi connectivity index (χ4v) is 4.05. The molecule has 0 saturated carbocycles. The molecule has 2 aromatic rings. The molecule has 22 heavy (non-hydrogen) atoms. The summed E-state index contributed by atoms with van der Waals surface area (Å²) in [6.45, 7) is 2.88. The number of hydrogen-bond acceptors (Lipinski definition) is 3. The highest BCUT2D eigenvalue weighted by Crippen LogP contribution is 2.36. The van der Waals surface area contributed by atoms with Crippen LogP contribution in [0.2, 0.25) is 0 Å². The van der Waals surface area contributed by atoms with Gasteiger partial charge in [0.25, 0.3) is 5.91 Å². The lowest BCUT2D eigenvalue weighted by molar-refractivity contribution is 0.0675. The molecule has 112 valence electrons. The number of aromatic nitrogens is 1. The molecule has 0 aliphatic carbocycles. The molecule has 1 aliphatic heterocycles. The monoisotopic (exact) mass is 311 g/mol. The number of carbonyl (C=O) groups is 1. The summed E-state index contributed by atoms with van der Waals surface area (Å²) in [4.78, 5) is 17.7. The molecule has 1 aromatic heterocycles. The van der Waals surface area contributed by atoms with Gasteiger partial charge in [-0.3, -0.25) is 4.79 Å². The molecule has 2 heterocycles. The Labute approximate surface area is 134 Å². The van der Waals surface area contributed by atoms with Crippen molar-refractivity contribution in [1.82, 2.24) is 9.88 Å². The fourth-order valence-electron chi connectivity index (χ4n) is 2.89. The van der Waals surface area contributed by atoms with Crippen LogP contribution in [-0.2, 0) is 0 Å². The number of carbonyl (C=O) groups excluding carboxylic acids is 1. The molecular formula is C17H17N3OS. The van der Waals surface area contributed by atoms with Gasteiger partial charge in [-0.05, 0) is 11.6 Å². The van der Waals surface area contributed by atoms with Gasteiger partial charge in [-0.25, -0.2) is 0 Å². The highest BCUT2D eigenvalue weighted by Gasteiger charge is 2.34. The van der Waals surface area contributed by atoms with Crippen molar-refractivity contribution < 1.29 is 4.79 Å². The number of aromatic amines is 1. The van der Waals surface area contributed by atoms with Crippen molar-refractivity contribution in [2.24, 2.45) is 0 Å². The van der Waals surface area contributed by atoms with E-state index in [4.69, 9.17) is 5.26 Å². The van der Waals surface area contributed by atoms with Crippen LogP contribution < -0.4 is 0 Å². The minimum atomic E-state index is -0.0393. The number of H-pyrrole nitrogens is 1. The Kier molecular flexibility index (Phi) is 4.21. The Morgan fingerprint density at radius 2 is 2.18 bits per heavy atom. The van der Waals surface area contributed by atoms with E-state index < -0.39 is 0 Å². The topological polar surface area (TPSA) is 59.9 Å². The summed E-state index contributed by atoms with van der Waals surface area (Å²) < 4.78 is 0. The minimum Gasteiger partial charge on any atom is -0.356 e. The van der Waals surface area contributed by atoms with Gasteiger partial charge >= 0.3 is 0 Å². The normalized spacial score (nSPS) is 21.4. The summed E-state index contributed by atoms with van der Waals surface area (Å²) in [6, 6.07) is 13.9. The maximum atomic E-state index is 12.8. The van der Waals surface area contributed by atoms with Gasteiger partial charge in [-0.15, -0.1) is 0 Å². The van der Waals surface area contributed by atoms with E-state index in [0.717, 1.165) is 11.3 Å². The van der Waals surface area contributed by atoms with Crippen molar-refractivity contribution in [2.45, 2.75) is 18.2 Å². The van der Waals surface area contributed by atoms with E-state index in [9.17, 15) is 4.79 Å². The summed E-state index contributed by atoms with van der Waals surface area (Å²) in [6.07, 6.45) is 1.58. The largest absolute Gasteiger partial charge is 0.356 e. The Morgan fingerprint density at radius 1 is 1.41 bits per heavy atom. The molecule has 5 heteroatoms. The van der Waals surface area contributed by atoms with E-state index in [1.165, 1.54) is 0 Å². The molecule has 0 radical (unpaired) electrons. The third-order valence-electron chi connectivity index (χ3n) is 3.94. The number of amides is 1. The second-order valence-corrected chi connectivity index (χ2v) is 6.83. The average molecular weight is 311 g/mol. The van der Waals surface area contributed by atoms with Crippen LogP contribution in [-0.4, -0.2) is 33.3 Å². The van der Waals surface area contributed by atoms with Crippen LogP contribution in [0.3, 0.4) is 0 Å². The van der Waals surface area contributed by atoms with Crippen LogP contribution in [0, 0.1) is 11.3 Å². The Bertz CT molecular complexity index is 704. The second kappa shape index (κ2) is 6.29. The predicted octanol–water partition coefficient (Wildman–Crippen LogP) is 3.21. The average Bonchev–Trinajstić information content (AvgIpc) is 3.04. The van der Waals surface area contributed by atoms with Gasteiger partial charge in [0, 0.05) is 23.7 Å². The van der Waals surface area contributed by atoms with Crippen molar-refractivity contribution >= 4 is 17.7 Å². The van der Waals surface area contributed by atoms with Crippen molar-refractivity contribution in [3.8, 4) is 6.07 Å². The van der Waals surface area contributed by atoms with Crippen molar-refractivity contribution in [3.05, 3.63) is 59.4 Å². The summed E-state index contributed by atoms with van der Waals surface area (Å²) in [7, 11) is 0. The quantitative estimate of drug-likeness (QED) is 0.926. The molecular weight excluding hydrogens is 294 g/mol. The number of thioether (sulfide) groups is 1. The van der Waals surface area contributed by atoms with Gasteiger partial charge in [0.05, 0.1) is 11.6 Å². The number of nitrogens with one attached hydrogen (secondary N) is 1. The summed E-state index contributed by atoms with van der Waals surface area (Å²) in [5, 5.41) is 9.26. The van der Waals surface area contributed by atoms with Crippen LogP contribution in [0.15, 0.2) is 42.6 Å². The van der Waals surface area contributed by atoms with E-state index >= 15 is 0 Å². The van der Waals surface area contributed by atoms with Crippen molar-refractivity contribution in [2.75, 3.05) is 12.3 Å². The summed E-state index contributed by atoms with van der Waals surface area (Å²) in [5.41, 5.74) is 2.12. The molecule has 0 spiro atoms. The highest BCUT2D eigenvalue weighted by atomic mass is 32.2. The Hall–Kier alpha value is -2.19. The maximum absolute atomic E-state index is 12.8. The molecule has 0 unspecified atom stereocenters. The van der Waals surface area contributed by atoms with Crippen LogP contribution in [0.25, 0.3) is 0 Å². The molecule has 0 bridgehead atoms. The first-order chi connectivity index (χ1) is 10.7. The third-order valence-corrected chi connectivity index (χ3v) is 5.14. The Morgan fingerprint density at radius 3 is 2.86 bits per heavy atom. The zero-order chi connectivity index (χ0) is 15.5. The molecule has 1 fully saturated rings. The van der Waals surface area contributed by atoms with Crippen LogP contribution in [0.4, 0.5) is 0 Å². The number of nitriles is 1. The number of rotatable bonds is 2.